The number of aliphatic hydroxyl groups excluding tert-OH is 1. The van der Waals surface area contributed by atoms with E-state index in [1.165, 1.54) is 24.1 Å². The highest BCUT2D eigenvalue weighted by Crippen LogP contribution is 2.45. The molecule has 1 N–H and O–H groups in total. The topological polar surface area (TPSA) is 76.1 Å². The number of ketones is 1. The first-order valence-corrected chi connectivity index (χ1v) is 11.5. The molecule has 6 nitrogen and oxygen atoms in total. The summed E-state index contributed by atoms with van der Waals surface area (Å²) in [6.45, 7) is 3.77. The lowest BCUT2D eigenvalue weighted by molar-refractivity contribution is -0.132. The van der Waals surface area contributed by atoms with E-state index in [4.69, 9.17) is 32.7 Å². The quantitative estimate of drug-likeness (QED) is 0.248. The fourth-order valence-electron chi connectivity index (χ4n) is 4.21. The Hall–Kier alpha value is -3.48. The first-order chi connectivity index (χ1) is 16.7. The van der Waals surface area contributed by atoms with Gasteiger partial charge in [-0.2, -0.15) is 0 Å². The van der Waals surface area contributed by atoms with Crippen LogP contribution in [0.1, 0.15) is 28.3 Å². The molecular weight excluding hydrogens is 489 g/mol. The molecule has 1 aliphatic rings. The molecule has 3 aromatic carbocycles. The number of hydrogen-bond acceptors (Lipinski definition) is 5. The second-order valence-corrected chi connectivity index (χ2v) is 9.02. The van der Waals surface area contributed by atoms with Crippen LogP contribution in [0, 0.1) is 13.8 Å². The Morgan fingerprint density at radius 3 is 2.11 bits per heavy atom. The van der Waals surface area contributed by atoms with E-state index in [9.17, 15) is 14.7 Å². The van der Waals surface area contributed by atoms with E-state index >= 15 is 0 Å². The number of aryl methyl sites for hydroxylation is 2. The molecule has 1 unspecified atom stereocenters. The van der Waals surface area contributed by atoms with Crippen LogP contribution in [0.5, 0.6) is 11.5 Å². The molecule has 180 valence electrons. The number of amides is 1. The number of aliphatic hydroxyl groups is 1. The van der Waals surface area contributed by atoms with Crippen molar-refractivity contribution in [2.24, 2.45) is 0 Å². The predicted octanol–water partition coefficient (Wildman–Crippen LogP) is 6.25. The van der Waals surface area contributed by atoms with E-state index in [0.717, 1.165) is 11.1 Å². The third kappa shape index (κ3) is 4.35. The molecular formula is C27H23Cl2NO5. The largest absolute Gasteiger partial charge is 0.507 e. The molecule has 3 aromatic rings. The van der Waals surface area contributed by atoms with E-state index in [2.05, 4.69) is 0 Å². The molecule has 4 rings (SSSR count). The van der Waals surface area contributed by atoms with Gasteiger partial charge in [-0.05, 0) is 60.9 Å². The summed E-state index contributed by atoms with van der Waals surface area (Å²) in [5.41, 5.74) is 3.06. The molecule has 1 atom stereocenters. The normalized spacial score (nSPS) is 17.1. The van der Waals surface area contributed by atoms with Crippen molar-refractivity contribution in [3.05, 3.63) is 92.5 Å². The van der Waals surface area contributed by atoms with Gasteiger partial charge in [-0.15, -0.1) is 0 Å². The average Bonchev–Trinajstić information content (AvgIpc) is 3.10. The van der Waals surface area contributed by atoms with Crippen molar-refractivity contribution < 1.29 is 24.2 Å². The second-order valence-electron chi connectivity index (χ2n) is 8.21. The number of nitrogens with zero attached hydrogens (tertiary/aromatic N) is 1. The minimum Gasteiger partial charge on any atom is -0.507 e. The van der Waals surface area contributed by atoms with Crippen molar-refractivity contribution in [1.29, 1.82) is 0 Å². The van der Waals surface area contributed by atoms with E-state index in [1.54, 1.807) is 31.4 Å². The Kier molecular flexibility index (Phi) is 6.79. The lowest BCUT2D eigenvalue weighted by atomic mass is 9.94. The maximum Gasteiger partial charge on any atom is 0.300 e. The van der Waals surface area contributed by atoms with Gasteiger partial charge >= 0.3 is 0 Å². The van der Waals surface area contributed by atoms with Crippen molar-refractivity contribution >= 4 is 46.3 Å². The Morgan fingerprint density at radius 1 is 0.914 bits per heavy atom. The fourth-order valence-corrected chi connectivity index (χ4v) is 4.85. The van der Waals surface area contributed by atoms with Gasteiger partial charge in [-0.1, -0.05) is 47.5 Å². The summed E-state index contributed by atoms with van der Waals surface area (Å²) in [6.07, 6.45) is 0. The third-order valence-electron chi connectivity index (χ3n) is 5.98. The van der Waals surface area contributed by atoms with Crippen LogP contribution in [0.25, 0.3) is 5.76 Å². The molecule has 0 radical (unpaired) electrons. The Labute approximate surface area is 213 Å². The number of benzene rings is 3. The van der Waals surface area contributed by atoms with Gasteiger partial charge in [0.05, 0.1) is 35.9 Å². The molecule has 35 heavy (non-hydrogen) atoms. The number of methoxy groups -OCH3 is 2. The number of rotatable bonds is 5. The molecule has 0 saturated carbocycles. The summed E-state index contributed by atoms with van der Waals surface area (Å²) in [5, 5.41) is 11.7. The van der Waals surface area contributed by atoms with Gasteiger partial charge in [0.2, 0.25) is 0 Å². The molecule has 1 saturated heterocycles. The number of hydrogen-bond donors (Lipinski definition) is 1. The maximum atomic E-state index is 13.4. The Balaban J connectivity index is 1.98. The molecule has 1 heterocycles. The summed E-state index contributed by atoms with van der Waals surface area (Å²) >= 11 is 12.6. The number of ether oxygens (including phenoxy) is 2. The molecule has 0 aromatic heterocycles. The summed E-state index contributed by atoms with van der Waals surface area (Å²) in [5.74, 6) is -1.08. The van der Waals surface area contributed by atoms with Gasteiger partial charge in [0.25, 0.3) is 11.7 Å². The molecule has 1 amide bonds. The van der Waals surface area contributed by atoms with Gasteiger partial charge in [0.1, 0.15) is 11.5 Å². The zero-order valence-corrected chi connectivity index (χ0v) is 21.1. The van der Waals surface area contributed by atoms with Gasteiger partial charge in [0, 0.05) is 11.3 Å². The van der Waals surface area contributed by atoms with Gasteiger partial charge in [-0.3, -0.25) is 14.5 Å². The molecule has 0 spiro atoms. The zero-order valence-electron chi connectivity index (χ0n) is 19.6. The van der Waals surface area contributed by atoms with Gasteiger partial charge < -0.3 is 14.6 Å². The summed E-state index contributed by atoms with van der Waals surface area (Å²) in [7, 11) is 2.97. The third-order valence-corrected chi connectivity index (χ3v) is 6.54. The summed E-state index contributed by atoms with van der Waals surface area (Å²) in [6, 6.07) is 14.6. The molecule has 1 fully saturated rings. The highest BCUT2D eigenvalue weighted by Gasteiger charge is 2.47. The number of carbonyl (C=O) groups is 2. The Bertz CT molecular complexity index is 1340. The van der Waals surface area contributed by atoms with E-state index in [-0.39, 0.29) is 32.7 Å². The second kappa shape index (κ2) is 9.64. The number of halogens is 2. The highest BCUT2D eigenvalue weighted by atomic mass is 35.5. The Morgan fingerprint density at radius 2 is 1.54 bits per heavy atom. The lowest BCUT2D eigenvalue weighted by Gasteiger charge is -2.27. The van der Waals surface area contributed by atoms with Crippen LogP contribution in [0.3, 0.4) is 0 Å². The molecule has 8 heteroatoms. The van der Waals surface area contributed by atoms with Crippen molar-refractivity contribution in [1.82, 2.24) is 0 Å². The van der Waals surface area contributed by atoms with E-state index in [1.807, 2.05) is 32.0 Å². The number of Topliss-reactive ketones (excluding diaryl/α,β-unsaturated/α-hetero) is 1. The predicted molar refractivity (Wildman–Crippen MR) is 137 cm³/mol. The molecule has 0 bridgehead atoms. The van der Waals surface area contributed by atoms with Crippen LogP contribution in [0.15, 0.2) is 60.2 Å². The molecule has 1 aliphatic heterocycles. The average molecular weight is 512 g/mol. The number of anilines is 1. The van der Waals surface area contributed by atoms with Crippen LogP contribution in [0.2, 0.25) is 10.0 Å². The fraction of sp³-hybridized carbons (Fsp3) is 0.185. The maximum absolute atomic E-state index is 13.4. The minimum absolute atomic E-state index is 0.0710. The molecule has 0 aliphatic carbocycles. The van der Waals surface area contributed by atoms with Crippen LogP contribution < -0.4 is 14.4 Å². The van der Waals surface area contributed by atoms with Crippen molar-refractivity contribution in [3.8, 4) is 11.5 Å². The monoisotopic (exact) mass is 511 g/mol. The summed E-state index contributed by atoms with van der Waals surface area (Å²) < 4.78 is 10.4. The van der Waals surface area contributed by atoms with Crippen molar-refractivity contribution in [2.45, 2.75) is 19.9 Å². The first-order valence-electron chi connectivity index (χ1n) is 10.7. The van der Waals surface area contributed by atoms with Crippen molar-refractivity contribution in [2.75, 3.05) is 19.1 Å². The van der Waals surface area contributed by atoms with Crippen LogP contribution in [-0.4, -0.2) is 31.0 Å². The SMILES string of the molecule is COc1ccc(C2/C(=C(\O)c3cc(Cl)c(OC)c(Cl)c3)C(=O)C(=O)N2c2cc(C)ccc2C)cc1. The van der Waals surface area contributed by atoms with Gasteiger partial charge in [0.15, 0.2) is 5.75 Å². The number of carbonyl (C=O) groups excluding carboxylic acids is 2. The minimum atomic E-state index is -0.888. The van der Waals surface area contributed by atoms with E-state index < -0.39 is 17.7 Å². The standard InChI is InChI=1S/C27H23Cl2NO5/c1-14-5-6-15(2)21(11-14)30-23(16-7-9-18(34-3)10-8-16)22(25(32)27(30)33)24(31)17-12-19(28)26(35-4)20(29)13-17/h5-13,23,31H,1-4H3/b24-22+. The smallest absolute Gasteiger partial charge is 0.300 e. The first kappa shape index (κ1) is 24.6. The van der Waals surface area contributed by atoms with Crippen molar-refractivity contribution in [3.63, 3.8) is 0 Å². The van der Waals surface area contributed by atoms with Crippen LogP contribution >= 0.6 is 23.2 Å². The zero-order chi connectivity index (χ0) is 25.4. The van der Waals surface area contributed by atoms with Crippen LogP contribution in [-0.2, 0) is 9.59 Å². The van der Waals surface area contributed by atoms with E-state index in [0.29, 0.717) is 17.0 Å². The lowest BCUT2D eigenvalue weighted by Crippen LogP contribution is -2.30. The van der Waals surface area contributed by atoms with Crippen LogP contribution in [0.4, 0.5) is 5.69 Å². The summed E-state index contributed by atoms with van der Waals surface area (Å²) in [4.78, 5) is 28.2. The van der Waals surface area contributed by atoms with Gasteiger partial charge in [-0.25, -0.2) is 0 Å². The highest BCUT2D eigenvalue weighted by molar-refractivity contribution is 6.52.